The van der Waals surface area contributed by atoms with Gasteiger partial charge in [0.2, 0.25) is 0 Å². The van der Waals surface area contributed by atoms with Crippen LogP contribution in [0.5, 0.6) is 0 Å². The number of hydrogen-bond donors (Lipinski definition) is 1. The number of hydrogen-bond acceptors (Lipinski definition) is 2. The molecule has 0 spiro atoms. The van der Waals surface area contributed by atoms with Gasteiger partial charge in [-0.2, -0.15) is 5.10 Å². The van der Waals surface area contributed by atoms with Crippen LogP contribution in [0.1, 0.15) is 23.6 Å². The Morgan fingerprint density at radius 2 is 2.42 bits per heavy atom. The Morgan fingerprint density at radius 3 is 3.25 bits per heavy atom. The van der Waals surface area contributed by atoms with Crippen molar-refractivity contribution in [2.75, 3.05) is 0 Å². The molecule has 1 aliphatic rings. The molecule has 2 rings (SSSR count). The second-order valence-corrected chi connectivity index (χ2v) is 2.98. The van der Waals surface area contributed by atoms with Crippen LogP contribution in [0.3, 0.4) is 0 Å². The largest absolute Gasteiger partial charge is 0.306 e. The Bertz CT molecular complexity index is 316. The molecule has 2 heteroatoms. The monoisotopic (exact) mass is 160 g/mol. The summed E-state index contributed by atoms with van der Waals surface area (Å²) in [5.74, 6) is 0. The summed E-state index contributed by atoms with van der Waals surface area (Å²) in [5.41, 5.74) is 6.95. The van der Waals surface area contributed by atoms with Crippen molar-refractivity contribution in [1.82, 2.24) is 5.43 Å². The van der Waals surface area contributed by atoms with Crippen LogP contribution in [0, 0.1) is 0 Å². The van der Waals surface area contributed by atoms with E-state index in [9.17, 15) is 0 Å². The minimum Gasteiger partial charge on any atom is -0.306 e. The molecule has 0 amide bonds. The van der Waals surface area contributed by atoms with E-state index in [0.717, 1.165) is 13.0 Å². The Balaban J connectivity index is 2.44. The first-order valence-corrected chi connectivity index (χ1v) is 4.28. The summed E-state index contributed by atoms with van der Waals surface area (Å²) in [6.07, 6.45) is 2.97. The van der Waals surface area contributed by atoms with E-state index in [-0.39, 0.29) is 0 Å². The number of aryl methyl sites for hydroxylation is 1. The summed E-state index contributed by atoms with van der Waals surface area (Å²) in [6.45, 7) is 3.03. The molecule has 62 valence electrons. The molecule has 0 aromatic heterocycles. The van der Waals surface area contributed by atoms with Crippen LogP contribution < -0.4 is 5.43 Å². The smallest absolute Gasteiger partial charge is 0.0586 e. The lowest BCUT2D eigenvalue weighted by Crippen LogP contribution is -2.13. The summed E-state index contributed by atoms with van der Waals surface area (Å²) in [6, 6.07) is 6.54. The van der Waals surface area contributed by atoms with Crippen molar-refractivity contribution in [3.05, 3.63) is 34.9 Å². The van der Waals surface area contributed by atoms with Gasteiger partial charge in [0, 0.05) is 0 Å². The van der Waals surface area contributed by atoms with E-state index in [1.807, 2.05) is 6.21 Å². The van der Waals surface area contributed by atoms with Gasteiger partial charge in [-0.1, -0.05) is 25.1 Å². The van der Waals surface area contributed by atoms with Crippen LogP contribution in [0.15, 0.2) is 23.3 Å². The van der Waals surface area contributed by atoms with E-state index in [4.69, 9.17) is 0 Å². The van der Waals surface area contributed by atoms with E-state index in [2.05, 4.69) is 35.7 Å². The van der Waals surface area contributed by atoms with Gasteiger partial charge < -0.3 is 5.43 Å². The molecule has 0 bridgehead atoms. The summed E-state index contributed by atoms with van der Waals surface area (Å²) in [5, 5.41) is 4.00. The van der Waals surface area contributed by atoms with Crippen LogP contribution in [-0.4, -0.2) is 6.21 Å². The Labute approximate surface area is 72.3 Å². The normalized spacial score (nSPS) is 13.8. The molecule has 0 unspecified atom stereocenters. The first kappa shape index (κ1) is 7.35. The molecule has 0 radical (unpaired) electrons. The van der Waals surface area contributed by atoms with Gasteiger partial charge in [-0.15, -0.1) is 0 Å². The highest BCUT2D eigenvalue weighted by Crippen LogP contribution is 2.12. The van der Waals surface area contributed by atoms with Crippen LogP contribution in [-0.2, 0) is 13.0 Å². The van der Waals surface area contributed by atoms with E-state index in [1.54, 1.807) is 0 Å². The van der Waals surface area contributed by atoms with Gasteiger partial charge in [0.25, 0.3) is 0 Å². The zero-order chi connectivity index (χ0) is 8.39. The SMILES string of the molecule is CCc1ccc2c(c1)CNN=C2. The van der Waals surface area contributed by atoms with Crippen molar-refractivity contribution < 1.29 is 0 Å². The first-order chi connectivity index (χ1) is 5.90. The maximum absolute atomic E-state index is 4.00. The Hall–Kier alpha value is -1.31. The lowest BCUT2D eigenvalue weighted by molar-refractivity contribution is 0.733. The Kier molecular flexibility index (Phi) is 1.82. The zero-order valence-electron chi connectivity index (χ0n) is 7.17. The lowest BCUT2D eigenvalue weighted by Gasteiger charge is -2.11. The van der Waals surface area contributed by atoms with Gasteiger partial charge in [-0.3, -0.25) is 0 Å². The van der Waals surface area contributed by atoms with Crippen LogP contribution in [0.4, 0.5) is 0 Å². The van der Waals surface area contributed by atoms with Crippen molar-refractivity contribution in [2.24, 2.45) is 5.10 Å². The fourth-order valence-corrected chi connectivity index (χ4v) is 1.40. The number of rotatable bonds is 1. The average molecular weight is 160 g/mol. The standard InChI is InChI=1S/C10H12N2/c1-2-8-3-4-9-6-11-12-7-10(9)5-8/h3-6,12H,2,7H2,1H3. The van der Waals surface area contributed by atoms with Crippen LogP contribution in [0.25, 0.3) is 0 Å². The maximum Gasteiger partial charge on any atom is 0.0586 e. The third-order valence-electron chi connectivity index (χ3n) is 2.18. The quantitative estimate of drug-likeness (QED) is 0.664. The molecule has 0 saturated carbocycles. The molecule has 1 aliphatic heterocycles. The van der Waals surface area contributed by atoms with Gasteiger partial charge in [0.05, 0.1) is 12.8 Å². The topological polar surface area (TPSA) is 24.4 Å². The highest BCUT2D eigenvalue weighted by molar-refractivity contribution is 5.82. The number of fused-ring (bicyclic) bond motifs is 1. The first-order valence-electron chi connectivity index (χ1n) is 4.28. The van der Waals surface area contributed by atoms with Gasteiger partial charge in [0.1, 0.15) is 0 Å². The molecule has 1 N–H and O–H groups in total. The molecule has 0 aliphatic carbocycles. The van der Waals surface area contributed by atoms with Crippen LogP contribution in [0.2, 0.25) is 0 Å². The second-order valence-electron chi connectivity index (χ2n) is 2.98. The molecule has 0 atom stereocenters. The van der Waals surface area contributed by atoms with E-state index in [1.165, 1.54) is 16.7 Å². The lowest BCUT2D eigenvalue weighted by atomic mass is 10.0. The molecule has 0 saturated heterocycles. The summed E-state index contributed by atoms with van der Waals surface area (Å²) < 4.78 is 0. The number of nitrogens with zero attached hydrogens (tertiary/aromatic N) is 1. The van der Waals surface area contributed by atoms with Gasteiger partial charge >= 0.3 is 0 Å². The second kappa shape index (κ2) is 2.97. The minimum atomic E-state index is 0.861. The van der Waals surface area contributed by atoms with Gasteiger partial charge in [0.15, 0.2) is 0 Å². The molecule has 0 fully saturated rings. The van der Waals surface area contributed by atoms with Gasteiger partial charge in [-0.05, 0) is 23.1 Å². The van der Waals surface area contributed by atoms with Crippen molar-refractivity contribution in [3.63, 3.8) is 0 Å². The predicted molar refractivity (Wildman–Crippen MR) is 50.3 cm³/mol. The fraction of sp³-hybridized carbons (Fsp3) is 0.300. The van der Waals surface area contributed by atoms with Crippen molar-refractivity contribution in [2.45, 2.75) is 19.9 Å². The number of hydrazone groups is 1. The molecular formula is C10H12N2. The zero-order valence-corrected chi connectivity index (χ0v) is 7.17. The molecular weight excluding hydrogens is 148 g/mol. The summed E-state index contributed by atoms with van der Waals surface area (Å²) >= 11 is 0. The molecule has 2 nitrogen and oxygen atoms in total. The third-order valence-corrected chi connectivity index (χ3v) is 2.18. The maximum atomic E-state index is 4.00. The summed E-state index contributed by atoms with van der Waals surface area (Å²) in [4.78, 5) is 0. The number of nitrogens with one attached hydrogen (secondary N) is 1. The molecule has 1 aromatic rings. The molecule has 1 heterocycles. The van der Waals surface area contributed by atoms with Crippen molar-refractivity contribution >= 4 is 6.21 Å². The minimum absolute atomic E-state index is 0.861. The fourth-order valence-electron chi connectivity index (χ4n) is 1.40. The third kappa shape index (κ3) is 1.20. The average Bonchev–Trinajstić information content (AvgIpc) is 2.17. The summed E-state index contributed by atoms with van der Waals surface area (Å²) in [7, 11) is 0. The van der Waals surface area contributed by atoms with Gasteiger partial charge in [-0.25, -0.2) is 0 Å². The highest BCUT2D eigenvalue weighted by Gasteiger charge is 2.03. The highest BCUT2D eigenvalue weighted by atomic mass is 15.3. The Morgan fingerprint density at radius 1 is 1.50 bits per heavy atom. The van der Waals surface area contributed by atoms with Crippen molar-refractivity contribution in [1.29, 1.82) is 0 Å². The van der Waals surface area contributed by atoms with E-state index < -0.39 is 0 Å². The molecule has 12 heavy (non-hydrogen) atoms. The number of benzene rings is 1. The van der Waals surface area contributed by atoms with E-state index in [0.29, 0.717) is 0 Å². The molecule has 1 aromatic carbocycles. The predicted octanol–water partition coefficient (Wildman–Crippen LogP) is 1.69. The van der Waals surface area contributed by atoms with E-state index >= 15 is 0 Å². The van der Waals surface area contributed by atoms with Crippen LogP contribution >= 0.6 is 0 Å². The van der Waals surface area contributed by atoms with Crippen molar-refractivity contribution in [3.8, 4) is 0 Å².